The van der Waals surface area contributed by atoms with Gasteiger partial charge in [0.15, 0.2) is 0 Å². The van der Waals surface area contributed by atoms with E-state index in [0.29, 0.717) is 44.6 Å². The number of nitrogens with one attached hydrogen (secondary N) is 1. The van der Waals surface area contributed by atoms with Gasteiger partial charge in [-0.25, -0.2) is 0 Å². The normalized spacial score (nSPS) is 12.3. The smallest absolute Gasteiger partial charge is 0.253 e. The van der Waals surface area contributed by atoms with Crippen LogP contribution in [-0.2, 0) is 16.0 Å². The first-order valence-electron chi connectivity index (χ1n) is 12.3. The van der Waals surface area contributed by atoms with Crippen LogP contribution in [0.25, 0.3) is 0 Å². The zero-order valence-electron chi connectivity index (χ0n) is 21.2. The van der Waals surface area contributed by atoms with E-state index in [0.717, 1.165) is 30.4 Å². The molecule has 1 amide bonds. The first-order valence-corrected chi connectivity index (χ1v) is 12.3. The number of ether oxygens (including phenoxy) is 1. The zero-order valence-corrected chi connectivity index (χ0v) is 21.2. The van der Waals surface area contributed by atoms with Gasteiger partial charge in [-0.05, 0) is 56.0 Å². The molecule has 0 bridgehead atoms. The summed E-state index contributed by atoms with van der Waals surface area (Å²) in [4.78, 5) is 25.9. The number of hydrogen-bond donors (Lipinski definition) is 2. The minimum Gasteiger partial charge on any atom is -0.387 e. The lowest BCUT2D eigenvalue weighted by Crippen LogP contribution is -2.33. The monoisotopic (exact) mass is 470 g/mol. The first kappa shape index (κ1) is 29.5. The molecule has 2 unspecified atom stereocenters. The third kappa shape index (κ3) is 10.6. The number of aldehydes is 1. The fourth-order valence-corrected chi connectivity index (χ4v) is 3.54. The summed E-state index contributed by atoms with van der Waals surface area (Å²) in [6, 6.07) is 17.3. The third-order valence-electron chi connectivity index (χ3n) is 5.64. The topological polar surface area (TPSA) is 78.9 Å². The number of benzene rings is 2. The predicted molar refractivity (Wildman–Crippen MR) is 138 cm³/mol. The van der Waals surface area contributed by atoms with Crippen LogP contribution >= 0.6 is 0 Å². The molecular weight excluding hydrogens is 428 g/mol. The summed E-state index contributed by atoms with van der Waals surface area (Å²) in [5, 5.41) is 13.5. The number of methoxy groups -OCH3 is 1. The fourth-order valence-electron chi connectivity index (χ4n) is 3.54. The highest BCUT2D eigenvalue weighted by molar-refractivity contribution is 5.94. The quantitative estimate of drug-likeness (QED) is 0.300. The van der Waals surface area contributed by atoms with Gasteiger partial charge in [0.05, 0.1) is 6.10 Å². The molecule has 34 heavy (non-hydrogen) atoms. The number of aliphatic hydroxyl groups excluding tert-OH is 1. The van der Waals surface area contributed by atoms with Crippen molar-refractivity contribution in [3.63, 3.8) is 0 Å². The van der Waals surface area contributed by atoms with Crippen molar-refractivity contribution in [2.45, 2.75) is 46.1 Å². The van der Waals surface area contributed by atoms with E-state index in [9.17, 15) is 14.7 Å². The van der Waals surface area contributed by atoms with Crippen LogP contribution in [0.3, 0.4) is 0 Å². The molecule has 0 spiro atoms. The molecule has 2 N–H and O–H groups in total. The van der Waals surface area contributed by atoms with Crippen LogP contribution in [0, 0.1) is 5.92 Å². The lowest BCUT2D eigenvalue weighted by Gasteiger charge is -2.22. The van der Waals surface area contributed by atoms with Crippen molar-refractivity contribution in [3.8, 4) is 0 Å². The number of rotatable bonds is 15. The van der Waals surface area contributed by atoms with Crippen LogP contribution in [0.15, 0.2) is 54.6 Å². The fraction of sp³-hybridized carbons (Fsp3) is 0.500. The van der Waals surface area contributed by atoms with Gasteiger partial charge < -0.3 is 24.9 Å². The molecule has 0 saturated heterocycles. The molecule has 188 valence electrons. The molecule has 0 fully saturated rings. The average Bonchev–Trinajstić information content (AvgIpc) is 2.90. The van der Waals surface area contributed by atoms with E-state index in [4.69, 9.17) is 4.74 Å². The molecule has 0 aromatic heterocycles. The molecule has 6 nitrogen and oxygen atoms in total. The van der Waals surface area contributed by atoms with E-state index >= 15 is 0 Å². The molecule has 2 rings (SSSR count). The number of carbonyl (C=O) groups excluding carboxylic acids is 2. The van der Waals surface area contributed by atoms with E-state index < -0.39 is 6.10 Å². The number of amides is 1. The Kier molecular flexibility index (Phi) is 15.5. The van der Waals surface area contributed by atoms with Crippen LogP contribution < -0.4 is 5.32 Å². The Morgan fingerprint density at radius 1 is 1.09 bits per heavy atom. The minimum absolute atomic E-state index is 0.0143. The lowest BCUT2D eigenvalue weighted by atomic mass is 10.0. The predicted octanol–water partition coefficient (Wildman–Crippen LogP) is 4.28. The Hall–Kier alpha value is -2.54. The van der Waals surface area contributed by atoms with Crippen molar-refractivity contribution in [3.05, 3.63) is 71.3 Å². The SMILES string of the molecule is CC.CCN(CCC(C=O)CCOC)C(=O)c1ccc(CCNCC(O)c2ccccc2)cc1. The van der Waals surface area contributed by atoms with Crippen molar-refractivity contribution in [1.29, 1.82) is 0 Å². The Labute approximate surface area is 205 Å². The van der Waals surface area contributed by atoms with Crippen molar-refractivity contribution < 1.29 is 19.4 Å². The third-order valence-corrected chi connectivity index (χ3v) is 5.64. The highest BCUT2D eigenvalue weighted by Crippen LogP contribution is 2.13. The highest BCUT2D eigenvalue weighted by atomic mass is 16.5. The second-order valence-corrected chi connectivity index (χ2v) is 7.93. The second-order valence-electron chi connectivity index (χ2n) is 7.93. The van der Waals surface area contributed by atoms with Gasteiger partial charge in [0, 0.05) is 44.8 Å². The summed E-state index contributed by atoms with van der Waals surface area (Å²) in [5.74, 6) is -0.105. The molecule has 0 aliphatic rings. The molecule has 2 aromatic rings. The lowest BCUT2D eigenvalue weighted by molar-refractivity contribution is -0.111. The number of aliphatic hydroxyl groups is 1. The maximum Gasteiger partial charge on any atom is 0.253 e. The summed E-state index contributed by atoms with van der Waals surface area (Å²) >= 11 is 0. The number of nitrogens with zero attached hydrogens (tertiary/aromatic N) is 1. The maximum atomic E-state index is 12.8. The Morgan fingerprint density at radius 2 is 1.76 bits per heavy atom. The van der Waals surface area contributed by atoms with Gasteiger partial charge >= 0.3 is 0 Å². The van der Waals surface area contributed by atoms with Crippen molar-refractivity contribution >= 4 is 12.2 Å². The maximum absolute atomic E-state index is 12.8. The Morgan fingerprint density at radius 3 is 2.35 bits per heavy atom. The first-order chi connectivity index (χ1) is 16.6. The molecule has 2 aromatic carbocycles. The van der Waals surface area contributed by atoms with Crippen molar-refractivity contribution in [2.75, 3.05) is 39.9 Å². The van der Waals surface area contributed by atoms with E-state index in [-0.39, 0.29) is 11.8 Å². The standard InChI is InChI=1S/C26H36N2O4.C2H6/c1-3-28(17-14-22(20-29)15-18-32-2)26(31)24-11-9-21(10-12-24)13-16-27-19-25(30)23-7-5-4-6-8-23;1-2/h4-12,20,22,25,27,30H,3,13-19H2,1-2H3;1-2H3. The van der Waals surface area contributed by atoms with E-state index in [2.05, 4.69) is 5.32 Å². The van der Waals surface area contributed by atoms with Gasteiger partial charge in [-0.2, -0.15) is 0 Å². The molecule has 0 saturated carbocycles. The van der Waals surface area contributed by atoms with Gasteiger partial charge in [-0.1, -0.05) is 56.3 Å². The minimum atomic E-state index is -0.524. The number of hydrogen-bond acceptors (Lipinski definition) is 5. The number of carbonyl (C=O) groups is 2. The van der Waals surface area contributed by atoms with E-state index in [1.165, 1.54) is 0 Å². The summed E-state index contributed by atoms with van der Waals surface area (Å²) in [6.07, 6.45) is 2.57. The summed E-state index contributed by atoms with van der Waals surface area (Å²) in [5.41, 5.74) is 2.69. The van der Waals surface area contributed by atoms with Crippen LogP contribution in [0.4, 0.5) is 0 Å². The highest BCUT2D eigenvalue weighted by Gasteiger charge is 2.16. The van der Waals surface area contributed by atoms with E-state index in [1.54, 1.807) is 12.0 Å². The Balaban J connectivity index is 0.00000281. The van der Waals surface area contributed by atoms with Crippen LogP contribution in [0.2, 0.25) is 0 Å². The van der Waals surface area contributed by atoms with Crippen molar-refractivity contribution in [1.82, 2.24) is 10.2 Å². The van der Waals surface area contributed by atoms with Gasteiger partial charge in [0.2, 0.25) is 0 Å². The second kappa shape index (κ2) is 17.9. The average molecular weight is 471 g/mol. The Bertz CT molecular complexity index is 796. The summed E-state index contributed by atoms with van der Waals surface area (Å²) in [6.45, 7) is 8.89. The van der Waals surface area contributed by atoms with Crippen LogP contribution in [0.5, 0.6) is 0 Å². The van der Waals surface area contributed by atoms with E-state index in [1.807, 2.05) is 75.4 Å². The van der Waals surface area contributed by atoms with Gasteiger partial charge in [0.25, 0.3) is 5.91 Å². The van der Waals surface area contributed by atoms with Crippen LogP contribution in [0.1, 0.15) is 61.2 Å². The molecule has 0 aliphatic heterocycles. The molecule has 2 atom stereocenters. The van der Waals surface area contributed by atoms with Crippen molar-refractivity contribution in [2.24, 2.45) is 5.92 Å². The summed E-state index contributed by atoms with van der Waals surface area (Å²) in [7, 11) is 1.62. The largest absolute Gasteiger partial charge is 0.387 e. The molecule has 0 heterocycles. The molecule has 6 heteroatoms. The molecular formula is C28H42N2O4. The summed E-state index contributed by atoms with van der Waals surface area (Å²) < 4.78 is 5.05. The van der Waals surface area contributed by atoms with Crippen LogP contribution in [-0.4, -0.2) is 62.1 Å². The van der Waals surface area contributed by atoms with Gasteiger partial charge in [0.1, 0.15) is 6.29 Å². The zero-order chi connectivity index (χ0) is 25.2. The van der Waals surface area contributed by atoms with Gasteiger partial charge in [-0.3, -0.25) is 4.79 Å². The molecule has 0 radical (unpaired) electrons. The van der Waals surface area contributed by atoms with Gasteiger partial charge in [-0.15, -0.1) is 0 Å². The molecule has 0 aliphatic carbocycles.